The first-order valence-corrected chi connectivity index (χ1v) is 9.84. The molecule has 4 rings (SSSR count). The predicted molar refractivity (Wildman–Crippen MR) is 106 cm³/mol. The normalized spacial score (nSPS) is 16.2. The number of hydrogen-bond donors (Lipinski definition) is 1. The van der Waals surface area contributed by atoms with Crippen LogP contribution in [-0.4, -0.2) is 52.2 Å². The van der Waals surface area contributed by atoms with Gasteiger partial charge in [-0.25, -0.2) is 9.97 Å². The Bertz CT molecular complexity index is 934. The van der Waals surface area contributed by atoms with E-state index in [0.29, 0.717) is 22.8 Å². The van der Waals surface area contributed by atoms with Crippen LogP contribution >= 0.6 is 0 Å². The van der Waals surface area contributed by atoms with Gasteiger partial charge in [-0.15, -0.1) is 0 Å². The lowest BCUT2D eigenvalue weighted by Gasteiger charge is -2.27. The number of benzene rings is 1. The molecule has 0 bridgehead atoms. The second kappa shape index (κ2) is 7.98. The van der Waals surface area contributed by atoms with Gasteiger partial charge in [-0.2, -0.15) is 0 Å². The first kappa shape index (κ1) is 19.0. The van der Waals surface area contributed by atoms with Crippen LogP contribution in [0.4, 0.5) is 5.95 Å². The highest BCUT2D eigenvalue weighted by molar-refractivity contribution is 6.22. The van der Waals surface area contributed by atoms with Crippen LogP contribution in [0, 0.1) is 6.92 Å². The molecular formula is C21H23N5O3. The van der Waals surface area contributed by atoms with Crippen molar-refractivity contribution in [2.45, 2.75) is 32.7 Å². The lowest BCUT2D eigenvalue weighted by molar-refractivity contribution is -0.121. The van der Waals surface area contributed by atoms with E-state index in [4.69, 9.17) is 0 Å². The van der Waals surface area contributed by atoms with Crippen LogP contribution < -0.4 is 10.2 Å². The van der Waals surface area contributed by atoms with Gasteiger partial charge < -0.3 is 10.2 Å². The summed E-state index contributed by atoms with van der Waals surface area (Å²) in [6, 6.07) is 8.42. The van der Waals surface area contributed by atoms with Crippen LogP contribution in [0.3, 0.4) is 0 Å². The number of amides is 3. The molecule has 3 amide bonds. The number of piperidine rings is 1. The molecule has 29 heavy (non-hydrogen) atoms. The highest BCUT2D eigenvalue weighted by atomic mass is 16.2. The first-order valence-electron chi connectivity index (χ1n) is 9.84. The van der Waals surface area contributed by atoms with Crippen molar-refractivity contribution in [3.05, 3.63) is 52.8 Å². The third-order valence-electron chi connectivity index (χ3n) is 5.18. The van der Waals surface area contributed by atoms with Crippen LogP contribution in [-0.2, 0) is 11.3 Å². The van der Waals surface area contributed by atoms with Gasteiger partial charge in [0.2, 0.25) is 11.9 Å². The molecular weight excluding hydrogens is 370 g/mol. The number of aryl methyl sites for hydroxylation is 1. The smallest absolute Gasteiger partial charge is 0.262 e. The minimum atomic E-state index is -0.439. The lowest BCUT2D eigenvalue weighted by atomic mass is 10.1. The molecule has 150 valence electrons. The molecule has 8 nitrogen and oxygen atoms in total. The molecule has 2 aromatic rings. The Kier molecular flexibility index (Phi) is 5.24. The number of fused-ring (bicyclic) bond motifs is 1. The molecule has 1 aromatic heterocycles. The summed E-state index contributed by atoms with van der Waals surface area (Å²) in [6.45, 7) is 3.69. The monoisotopic (exact) mass is 393 g/mol. The maximum absolute atomic E-state index is 12.4. The summed E-state index contributed by atoms with van der Waals surface area (Å²) in [5.41, 5.74) is 2.21. The van der Waals surface area contributed by atoms with Gasteiger partial charge in [0.25, 0.3) is 11.8 Å². The lowest BCUT2D eigenvalue weighted by Crippen LogP contribution is -2.40. The van der Waals surface area contributed by atoms with E-state index < -0.39 is 17.7 Å². The molecule has 0 spiro atoms. The van der Waals surface area contributed by atoms with Crippen molar-refractivity contribution in [1.29, 1.82) is 0 Å². The van der Waals surface area contributed by atoms with Gasteiger partial charge in [-0.3, -0.25) is 19.3 Å². The standard InChI is InChI=1S/C21H23N5O3/c1-14-11-15(24-21(23-14)25-9-5-2-6-10-25)12-22-18(27)13-26-19(28)16-7-3-4-8-17(16)20(26)29/h3-4,7-8,11H,2,5-6,9-10,12-13H2,1H3,(H,22,27). The SMILES string of the molecule is Cc1cc(CNC(=O)CN2C(=O)c3ccccc3C2=O)nc(N2CCCCC2)n1. The quantitative estimate of drug-likeness (QED) is 0.777. The van der Waals surface area contributed by atoms with Crippen molar-refractivity contribution in [1.82, 2.24) is 20.2 Å². The van der Waals surface area contributed by atoms with Crippen molar-refractivity contribution < 1.29 is 14.4 Å². The number of rotatable bonds is 5. The molecule has 0 aliphatic carbocycles. The summed E-state index contributed by atoms with van der Waals surface area (Å²) < 4.78 is 0. The van der Waals surface area contributed by atoms with Crippen LogP contribution in [0.2, 0.25) is 0 Å². The third kappa shape index (κ3) is 3.96. The van der Waals surface area contributed by atoms with Crippen LogP contribution in [0.1, 0.15) is 51.4 Å². The first-order chi connectivity index (χ1) is 14.0. The maximum atomic E-state index is 12.4. The van der Waals surface area contributed by atoms with Crippen molar-refractivity contribution in [3.8, 4) is 0 Å². The number of carbonyl (C=O) groups is 3. The number of carbonyl (C=O) groups excluding carboxylic acids is 3. The molecule has 0 unspecified atom stereocenters. The minimum Gasteiger partial charge on any atom is -0.349 e. The summed E-state index contributed by atoms with van der Waals surface area (Å²) in [7, 11) is 0. The molecule has 0 atom stereocenters. The van der Waals surface area contributed by atoms with E-state index in [1.54, 1.807) is 24.3 Å². The predicted octanol–water partition coefficient (Wildman–Crippen LogP) is 1.69. The Balaban J connectivity index is 1.38. The fourth-order valence-corrected chi connectivity index (χ4v) is 3.71. The molecule has 1 N–H and O–H groups in total. The zero-order chi connectivity index (χ0) is 20.4. The Morgan fingerprint density at radius 3 is 2.34 bits per heavy atom. The molecule has 0 saturated carbocycles. The van der Waals surface area contributed by atoms with E-state index in [1.165, 1.54) is 6.42 Å². The van der Waals surface area contributed by atoms with Gasteiger partial charge in [0, 0.05) is 18.8 Å². The fourth-order valence-electron chi connectivity index (χ4n) is 3.71. The number of aromatic nitrogens is 2. The Hall–Kier alpha value is -3.29. The number of nitrogens with one attached hydrogen (secondary N) is 1. The van der Waals surface area contributed by atoms with E-state index >= 15 is 0 Å². The zero-order valence-corrected chi connectivity index (χ0v) is 16.4. The third-order valence-corrected chi connectivity index (χ3v) is 5.18. The van der Waals surface area contributed by atoms with Crippen molar-refractivity contribution in [2.24, 2.45) is 0 Å². The number of imide groups is 1. The molecule has 0 radical (unpaired) electrons. The number of hydrogen-bond acceptors (Lipinski definition) is 6. The molecule has 1 saturated heterocycles. The summed E-state index contributed by atoms with van der Waals surface area (Å²) in [4.78, 5) is 49.4. The van der Waals surface area contributed by atoms with Gasteiger partial charge in [0.15, 0.2) is 0 Å². The maximum Gasteiger partial charge on any atom is 0.262 e. The molecule has 2 aliphatic rings. The highest BCUT2D eigenvalue weighted by Crippen LogP contribution is 2.22. The minimum absolute atomic E-state index is 0.214. The van der Waals surface area contributed by atoms with Crippen LogP contribution in [0.5, 0.6) is 0 Å². The number of nitrogens with zero attached hydrogens (tertiary/aromatic N) is 4. The van der Waals surface area contributed by atoms with E-state index in [2.05, 4.69) is 20.2 Å². The van der Waals surface area contributed by atoms with Gasteiger partial charge in [0.05, 0.1) is 23.4 Å². The molecule has 8 heteroatoms. The second-order valence-electron chi connectivity index (χ2n) is 7.37. The van der Waals surface area contributed by atoms with Crippen LogP contribution in [0.15, 0.2) is 30.3 Å². The van der Waals surface area contributed by atoms with E-state index in [0.717, 1.165) is 36.5 Å². The van der Waals surface area contributed by atoms with Gasteiger partial charge in [-0.1, -0.05) is 12.1 Å². The Morgan fingerprint density at radius 2 is 1.69 bits per heavy atom. The van der Waals surface area contributed by atoms with E-state index in [9.17, 15) is 14.4 Å². The topological polar surface area (TPSA) is 95.5 Å². The average Bonchev–Trinajstić information content (AvgIpc) is 2.98. The Labute approximate surface area is 168 Å². The summed E-state index contributed by atoms with van der Waals surface area (Å²) in [5, 5.41) is 2.76. The summed E-state index contributed by atoms with van der Waals surface area (Å²) in [6.07, 6.45) is 3.48. The molecule has 2 aliphatic heterocycles. The van der Waals surface area contributed by atoms with Gasteiger partial charge in [0.1, 0.15) is 6.54 Å². The zero-order valence-electron chi connectivity index (χ0n) is 16.4. The molecule has 3 heterocycles. The summed E-state index contributed by atoms with van der Waals surface area (Å²) >= 11 is 0. The Morgan fingerprint density at radius 1 is 1.03 bits per heavy atom. The molecule has 1 fully saturated rings. The number of anilines is 1. The van der Waals surface area contributed by atoms with Crippen molar-refractivity contribution in [3.63, 3.8) is 0 Å². The largest absolute Gasteiger partial charge is 0.349 e. The van der Waals surface area contributed by atoms with Crippen LogP contribution in [0.25, 0.3) is 0 Å². The van der Waals surface area contributed by atoms with Gasteiger partial charge in [-0.05, 0) is 44.4 Å². The van der Waals surface area contributed by atoms with Crippen molar-refractivity contribution in [2.75, 3.05) is 24.5 Å². The second-order valence-corrected chi connectivity index (χ2v) is 7.37. The van der Waals surface area contributed by atoms with Gasteiger partial charge >= 0.3 is 0 Å². The fraction of sp³-hybridized carbons (Fsp3) is 0.381. The molecule has 1 aromatic carbocycles. The van der Waals surface area contributed by atoms with E-state index in [1.807, 2.05) is 13.0 Å². The van der Waals surface area contributed by atoms with Crippen molar-refractivity contribution >= 4 is 23.7 Å². The average molecular weight is 393 g/mol. The van der Waals surface area contributed by atoms with E-state index in [-0.39, 0.29) is 13.1 Å². The summed E-state index contributed by atoms with van der Waals surface area (Å²) in [5.74, 6) is -0.596. The highest BCUT2D eigenvalue weighted by Gasteiger charge is 2.36.